The van der Waals surface area contributed by atoms with Crippen LogP contribution < -0.4 is 5.32 Å². The molecule has 0 saturated heterocycles. The molecule has 1 N–H and O–H groups in total. The van der Waals surface area contributed by atoms with Gasteiger partial charge in [0.1, 0.15) is 0 Å². The number of aromatic nitrogens is 1. The summed E-state index contributed by atoms with van der Waals surface area (Å²) in [5.41, 5.74) is 3.28. The van der Waals surface area contributed by atoms with Crippen LogP contribution in [-0.4, -0.2) is 9.91 Å². The van der Waals surface area contributed by atoms with Crippen LogP contribution in [0.15, 0.2) is 48.5 Å². The van der Waals surface area contributed by atoms with Gasteiger partial charge in [-0.2, -0.15) is 0 Å². The van der Waals surface area contributed by atoms with E-state index in [1.807, 2.05) is 24.3 Å². The molecule has 3 rings (SSSR count). The normalized spacial score (nSPS) is 11.4. The Hall–Kier alpha value is -2.44. The summed E-state index contributed by atoms with van der Waals surface area (Å²) in [6, 6.07) is 14.5. The number of halogens is 1. The van der Waals surface area contributed by atoms with Crippen LogP contribution in [0.5, 0.6) is 0 Å². The first-order valence-corrected chi connectivity index (χ1v) is 10.1. The molecule has 0 fully saturated rings. The van der Waals surface area contributed by atoms with Gasteiger partial charge in [0.2, 0.25) is 0 Å². The maximum Gasteiger partial charge on any atom is 0.269 e. The molecule has 0 atom stereocenters. The van der Waals surface area contributed by atoms with Crippen molar-refractivity contribution in [2.45, 2.75) is 39.2 Å². The van der Waals surface area contributed by atoms with E-state index in [1.165, 1.54) is 22.6 Å². The number of hydrogen-bond acceptors (Lipinski definition) is 5. The summed E-state index contributed by atoms with van der Waals surface area (Å²) in [5, 5.41) is 15.7. The van der Waals surface area contributed by atoms with Crippen LogP contribution in [0.3, 0.4) is 0 Å². The first-order chi connectivity index (χ1) is 13.2. The highest BCUT2D eigenvalue weighted by atomic mass is 35.5. The van der Waals surface area contributed by atoms with Crippen molar-refractivity contribution < 1.29 is 4.92 Å². The van der Waals surface area contributed by atoms with E-state index >= 15 is 0 Å². The molecule has 7 heteroatoms. The molecule has 146 valence electrons. The van der Waals surface area contributed by atoms with Gasteiger partial charge in [-0.1, -0.05) is 56.6 Å². The topological polar surface area (TPSA) is 68.1 Å². The third kappa shape index (κ3) is 5.09. The maximum atomic E-state index is 10.8. The Bertz CT molecular complexity index is 961. The molecule has 28 heavy (non-hydrogen) atoms. The second-order valence-electron chi connectivity index (χ2n) is 7.62. The minimum absolute atomic E-state index is 0.0639. The average molecular weight is 416 g/mol. The van der Waals surface area contributed by atoms with Gasteiger partial charge in [0.25, 0.3) is 5.69 Å². The third-order valence-electron chi connectivity index (χ3n) is 4.28. The second kappa shape index (κ2) is 8.29. The maximum absolute atomic E-state index is 10.8. The molecule has 0 bridgehead atoms. The molecular formula is C21H22ClN3O2S. The number of nitrogens with zero attached hydrogens (tertiary/aromatic N) is 2. The number of nitrogens with one attached hydrogen (secondary N) is 1. The number of anilines is 1. The highest BCUT2D eigenvalue weighted by molar-refractivity contribution is 7.15. The molecule has 0 saturated carbocycles. The van der Waals surface area contributed by atoms with Crippen molar-refractivity contribution in [1.29, 1.82) is 0 Å². The summed E-state index contributed by atoms with van der Waals surface area (Å²) in [4.78, 5) is 16.4. The van der Waals surface area contributed by atoms with Crippen molar-refractivity contribution in [3.8, 4) is 0 Å². The van der Waals surface area contributed by atoms with Crippen LogP contribution in [0, 0.1) is 10.1 Å². The SMILES string of the molecule is CC(C)(C)c1nc(NCc2ccc([N+](=O)[O-])cc2)sc1Cc1ccc(Cl)cc1. The van der Waals surface area contributed by atoms with Gasteiger partial charge in [0.05, 0.1) is 10.6 Å². The van der Waals surface area contributed by atoms with Crippen molar-refractivity contribution in [3.63, 3.8) is 0 Å². The molecule has 0 aliphatic rings. The van der Waals surface area contributed by atoms with Crippen LogP contribution >= 0.6 is 22.9 Å². The van der Waals surface area contributed by atoms with Gasteiger partial charge in [-0.15, -0.1) is 11.3 Å². The minimum Gasteiger partial charge on any atom is -0.357 e. The lowest BCUT2D eigenvalue weighted by atomic mass is 9.90. The number of nitro groups is 1. The summed E-state index contributed by atoms with van der Waals surface area (Å²) in [7, 11) is 0. The summed E-state index contributed by atoms with van der Waals surface area (Å²) in [6.07, 6.45) is 0.806. The van der Waals surface area contributed by atoms with E-state index in [4.69, 9.17) is 16.6 Å². The standard InChI is InChI=1S/C21H22ClN3O2S/c1-21(2,3)19-18(12-14-4-8-16(22)9-5-14)28-20(24-19)23-13-15-6-10-17(11-7-15)25(26)27/h4-11H,12-13H2,1-3H3,(H,23,24). The number of thiazole rings is 1. The highest BCUT2D eigenvalue weighted by Crippen LogP contribution is 2.34. The Balaban J connectivity index is 1.77. The Labute approximate surface area is 173 Å². The molecular weight excluding hydrogens is 394 g/mol. The smallest absolute Gasteiger partial charge is 0.269 e. The van der Waals surface area contributed by atoms with Crippen LogP contribution in [0.1, 0.15) is 42.5 Å². The summed E-state index contributed by atoms with van der Waals surface area (Å²) < 4.78 is 0. The van der Waals surface area contributed by atoms with Gasteiger partial charge in [-0.25, -0.2) is 4.98 Å². The average Bonchev–Trinajstić information content (AvgIpc) is 3.05. The predicted octanol–water partition coefficient (Wildman–Crippen LogP) is 6.21. The van der Waals surface area contributed by atoms with E-state index in [0.29, 0.717) is 6.54 Å². The fraction of sp³-hybridized carbons (Fsp3) is 0.286. The first kappa shape index (κ1) is 20.3. The van der Waals surface area contributed by atoms with Crippen molar-refractivity contribution in [1.82, 2.24) is 4.98 Å². The number of nitro benzene ring substituents is 1. The molecule has 0 amide bonds. The van der Waals surface area contributed by atoms with Crippen LogP contribution in [-0.2, 0) is 18.4 Å². The predicted molar refractivity (Wildman–Crippen MR) is 115 cm³/mol. The Morgan fingerprint density at radius 1 is 1.07 bits per heavy atom. The summed E-state index contributed by atoms with van der Waals surface area (Å²) >= 11 is 7.64. The Morgan fingerprint density at radius 2 is 1.68 bits per heavy atom. The van der Waals surface area contributed by atoms with E-state index in [1.54, 1.807) is 23.5 Å². The Kier molecular flexibility index (Phi) is 6.01. The molecule has 5 nitrogen and oxygen atoms in total. The number of non-ortho nitro benzene ring substituents is 1. The zero-order valence-corrected chi connectivity index (χ0v) is 17.6. The number of hydrogen-bond donors (Lipinski definition) is 1. The van der Waals surface area contributed by atoms with Gasteiger partial charge >= 0.3 is 0 Å². The molecule has 1 heterocycles. The van der Waals surface area contributed by atoms with Gasteiger partial charge < -0.3 is 5.32 Å². The van der Waals surface area contributed by atoms with E-state index in [0.717, 1.165) is 27.8 Å². The van der Waals surface area contributed by atoms with Crippen molar-refractivity contribution in [2.24, 2.45) is 0 Å². The molecule has 2 aromatic carbocycles. The fourth-order valence-corrected chi connectivity index (χ4v) is 4.16. The van der Waals surface area contributed by atoms with Crippen molar-refractivity contribution in [3.05, 3.63) is 85.4 Å². The molecule has 0 unspecified atom stereocenters. The van der Waals surface area contributed by atoms with Crippen molar-refractivity contribution >= 4 is 33.8 Å². The van der Waals surface area contributed by atoms with Crippen LogP contribution in [0.4, 0.5) is 10.8 Å². The van der Waals surface area contributed by atoms with Gasteiger partial charge in [-0.05, 0) is 23.3 Å². The van der Waals surface area contributed by atoms with Crippen LogP contribution in [0.2, 0.25) is 5.02 Å². The molecule has 0 aliphatic carbocycles. The molecule has 0 aliphatic heterocycles. The molecule has 0 radical (unpaired) electrons. The lowest BCUT2D eigenvalue weighted by molar-refractivity contribution is -0.384. The quantitative estimate of drug-likeness (QED) is 0.384. The molecule has 0 spiro atoms. The number of benzene rings is 2. The number of rotatable bonds is 6. The van der Waals surface area contributed by atoms with Crippen molar-refractivity contribution in [2.75, 3.05) is 5.32 Å². The monoisotopic (exact) mass is 415 g/mol. The van der Waals surface area contributed by atoms with Gasteiger partial charge in [-0.3, -0.25) is 10.1 Å². The minimum atomic E-state index is -0.392. The van der Waals surface area contributed by atoms with Gasteiger partial charge in [0.15, 0.2) is 5.13 Å². The Morgan fingerprint density at radius 3 is 2.25 bits per heavy atom. The fourth-order valence-electron chi connectivity index (χ4n) is 2.83. The summed E-state index contributed by atoms with van der Waals surface area (Å²) in [6.45, 7) is 7.05. The lowest BCUT2D eigenvalue weighted by Crippen LogP contribution is -2.14. The van der Waals surface area contributed by atoms with Gasteiger partial charge in [0, 0.05) is 40.4 Å². The first-order valence-electron chi connectivity index (χ1n) is 8.94. The van der Waals surface area contributed by atoms with Crippen LogP contribution in [0.25, 0.3) is 0 Å². The molecule has 1 aromatic heterocycles. The van der Waals surface area contributed by atoms with E-state index in [2.05, 4.69) is 26.1 Å². The third-order valence-corrected chi connectivity index (χ3v) is 5.54. The largest absolute Gasteiger partial charge is 0.357 e. The van der Waals surface area contributed by atoms with E-state index < -0.39 is 4.92 Å². The van der Waals surface area contributed by atoms with E-state index in [-0.39, 0.29) is 11.1 Å². The van der Waals surface area contributed by atoms with E-state index in [9.17, 15) is 10.1 Å². The summed E-state index contributed by atoms with van der Waals surface area (Å²) in [5.74, 6) is 0. The molecule has 3 aromatic rings. The zero-order chi connectivity index (χ0) is 20.3. The second-order valence-corrected chi connectivity index (χ2v) is 9.14. The highest BCUT2D eigenvalue weighted by Gasteiger charge is 2.23. The lowest BCUT2D eigenvalue weighted by Gasteiger charge is -2.17. The zero-order valence-electron chi connectivity index (χ0n) is 16.0.